The first kappa shape index (κ1) is 60.0. The number of pyridine rings is 6. The fraction of sp³-hybridized carbons (Fsp3) is 0.247. The van der Waals surface area contributed by atoms with Crippen molar-refractivity contribution in [2.75, 3.05) is 0 Å². The molecule has 0 bridgehead atoms. The van der Waals surface area contributed by atoms with E-state index in [-0.39, 0.29) is 0 Å². The maximum absolute atomic E-state index is 4.87. The van der Waals surface area contributed by atoms with E-state index in [1.165, 1.54) is 38.8 Å². The normalized spacial score (nSPS) is 11.5. The van der Waals surface area contributed by atoms with Crippen LogP contribution in [0.3, 0.4) is 0 Å². The van der Waals surface area contributed by atoms with Crippen LogP contribution in [0.25, 0.3) is 43.9 Å². The highest BCUT2D eigenvalue weighted by Gasteiger charge is 2.18. The molecule has 0 spiro atoms. The van der Waals surface area contributed by atoms with Crippen molar-refractivity contribution in [3.05, 3.63) is 278 Å². The average Bonchev–Trinajstić information content (AvgIpc) is 4.39. The molecule has 0 aliphatic rings. The Bertz CT molecular complexity index is 4270. The second kappa shape index (κ2) is 27.8. The molecule has 0 fully saturated rings. The Hall–Kier alpha value is -9.67. The maximum atomic E-state index is 4.87. The first-order valence-electron chi connectivity index (χ1n) is 30.1. The van der Waals surface area contributed by atoms with Crippen LogP contribution in [0.4, 0.5) is 0 Å². The minimum Gasteiger partial charge on any atom is -0.341 e. The molecule has 9 aromatic heterocycles. The van der Waals surface area contributed by atoms with Crippen LogP contribution >= 0.6 is 0 Å². The number of imidazole rings is 3. The number of hydrogen-bond acceptors (Lipinski definition) is 12. The van der Waals surface area contributed by atoms with E-state index in [1.807, 2.05) is 87.9 Å². The number of rotatable bonds is 18. The van der Waals surface area contributed by atoms with Crippen LogP contribution in [0.2, 0.25) is 0 Å². The van der Waals surface area contributed by atoms with Crippen molar-refractivity contribution in [3.8, 4) is 0 Å². The Morgan fingerprint density at radius 2 is 0.614 bits per heavy atom. The number of hydrogen-bond donors (Lipinski definition) is 3. The van der Waals surface area contributed by atoms with Crippen molar-refractivity contribution < 1.29 is 0 Å². The van der Waals surface area contributed by atoms with Gasteiger partial charge in [-0.1, -0.05) is 54.6 Å². The van der Waals surface area contributed by atoms with Gasteiger partial charge in [0.15, 0.2) is 0 Å². The molecule has 0 radical (unpaired) electrons. The molecule has 0 saturated carbocycles. The minimum absolute atomic E-state index is 0.678. The van der Waals surface area contributed by atoms with Crippen molar-refractivity contribution in [2.24, 2.45) is 0 Å². The van der Waals surface area contributed by atoms with Crippen LogP contribution in [-0.2, 0) is 58.9 Å². The largest absolute Gasteiger partial charge is 0.341 e. The monoisotopic (exact) mass is 1160 g/mol. The van der Waals surface area contributed by atoms with E-state index in [0.717, 1.165) is 140 Å². The Kier molecular flexibility index (Phi) is 19.0. The molecule has 13 aromatic rings. The third-order valence-corrected chi connectivity index (χ3v) is 15.9. The summed E-state index contributed by atoms with van der Waals surface area (Å²) in [5, 5.41) is 2.38. The fourth-order valence-electron chi connectivity index (χ4n) is 11.0. The van der Waals surface area contributed by atoms with Gasteiger partial charge in [0.2, 0.25) is 0 Å². The Labute approximate surface area is 515 Å². The summed E-state index contributed by atoms with van der Waals surface area (Å²) in [7, 11) is 0. The zero-order valence-corrected chi connectivity index (χ0v) is 52.0. The van der Waals surface area contributed by atoms with Gasteiger partial charge in [-0.3, -0.25) is 44.6 Å². The van der Waals surface area contributed by atoms with Crippen LogP contribution in [0, 0.1) is 62.3 Å². The highest BCUT2D eigenvalue weighted by molar-refractivity contribution is 5.82. The molecule has 3 N–H and O–H groups in total. The zero-order chi connectivity index (χ0) is 61.1. The summed E-state index contributed by atoms with van der Waals surface area (Å²) in [6.07, 6.45) is 5.63. The lowest BCUT2D eigenvalue weighted by Crippen LogP contribution is -2.24. The topological polar surface area (TPSA) is 173 Å². The van der Waals surface area contributed by atoms with Crippen LogP contribution in [-0.4, -0.2) is 74.5 Å². The van der Waals surface area contributed by atoms with E-state index in [1.54, 1.807) is 0 Å². The van der Waals surface area contributed by atoms with Gasteiger partial charge in [0, 0.05) is 80.3 Å². The summed E-state index contributed by atoms with van der Waals surface area (Å²) in [6.45, 7) is 25.4. The lowest BCUT2D eigenvalue weighted by molar-refractivity contribution is 0.234. The van der Waals surface area contributed by atoms with Crippen molar-refractivity contribution >= 4 is 43.9 Å². The second-order valence-corrected chi connectivity index (χ2v) is 23.3. The van der Waals surface area contributed by atoms with Crippen molar-refractivity contribution in [3.63, 3.8) is 0 Å². The lowest BCUT2D eigenvalue weighted by Gasteiger charge is -2.21. The van der Waals surface area contributed by atoms with Gasteiger partial charge in [0.25, 0.3) is 0 Å². The number of aromatic amines is 3. The summed E-state index contributed by atoms with van der Waals surface area (Å²) in [6, 6.07) is 54.0. The first-order chi connectivity index (χ1) is 42.7. The van der Waals surface area contributed by atoms with Crippen LogP contribution in [0.1, 0.15) is 102 Å². The molecule has 0 unspecified atom stereocenters. The van der Waals surface area contributed by atoms with Crippen molar-refractivity contribution in [1.82, 2.24) is 74.5 Å². The van der Waals surface area contributed by atoms with Crippen LogP contribution < -0.4 is 0 Å². The average molecular weight is 1160 g/mol. The van der Waals surface area contributed by atoms with Crippen molar-refractivity contribution in [2.45, 2.75) is 121 Å². The van der Waals surface area contributed by atoms with Gasteiger partial charge in [-0.05, 0) is 204 Å². The van der Waals surface area contributed by atoms with E-state index < -0.39 is 0 Å². The Balaban J connectivity index is 0.000000137. The number of aryl methyl sites for hydroxylation is 9. The van der Waals surface area contributed by atoms with Crippen molar-refractivity contribution in [1.29, 1.82) is 0 Å². The molecular weight excluding hydrogens is 1090 g/mol. The summed E-state index contributed by atoms with van der Waals surface area (Å²) in [5.41, 5.74) is 23.3. The quantitative estimate of drug-likeness (QED) is 0.0743. The molecule has 15 nitrogen and oxygen atoms in total. The van der Waals surface area contributed by atoms with E-state index in [9.17, 15) is 0 Å². The van der Waals surface area contributed by atoms with E-state index in [4.69, 9.17) is 19.9 Å². The maximum Gasteiger partial charge on any atom is 0.121 e. The molecule has 444 valence electrons. The molecule has 0 amide bonds. The number of benzene rings is 4. The highest BCUT2D eigenvalue weighted by atomic mass is 15.2. The molecule has 0 aliphatic heterocycles. The van der Waals surface area contributed by atoms with E-state index in [0.29, 0.717) is 26.2 Å². The summed E-state index contributed by atoms with van der Waals surface area (Å²) < 4.78 is 0. The second-order valence-electron chi connectivity index (χ2n) is 23.3. The fourth-order valence-corrected chi connectivity index (χ4v) is 11.0. The van der Waals surface area contributed by atoms with Gasteiger partial charge in [-0.2, -0.15) is 0 Å². The molecule has 88 heavy (non-hydrogen) atoms. The molecule has 0 aliphatic carbocycles. The molecule has 9 heterocycles. The zero-order valence-electron chi connectivity index (χ0n) is 52.0. The SMILES string of the molecule is Cc1cccc(CN(Cc2ccccn2)Cc2cc3ccccc3cn2)n1.Cc1cccc(CN(Cc2ccccn2)Cc2nc3cc(C)c(C)cc3[nH]2)n1.Cc1cccc(CN(Cc2nc3cc(C)c(C)cc3[nH]2)Cc2nc3cc(C)c(C)cc3[nH]2)n1. The lowest BCUT2D eigenvalue weighted by atomic mass is 10.1. The smallest absolute Gasteiger partial charge is 0.121 e. The summed E-state index contributed by atoms with van der Waals surface area (Å²) in [5.74, 6) is 2.86. The van der Waals surface area contributed by atoms with Gasteiger partial charge in [0.05, 0.1) is 86.9 Å². The molecule has 13 rings (SSSR count). The summed E-state index contributed by atoms with van der Waals surface area (Å²) in [4.78, 5) is 59.8. The van der Waals surface area contributed by atoms with E-state index in [2.05, 4.69) is 205 Å². The third kappa shape index (κ3) is 16.0. The number of aromatic nitrogens is 12. The third-order valence-electron chi connectivity index (χ3n) is 15.9. The number of H-pyrrole nitrogens is 3. The number of fused-ring (bicyclic) bond motifs is 4. The predicted molar refractivity (Wildman–Crippen MR) is 353 cm³/mol. The van der Waals surface area contributed by atoms with Gasteiger partial charge >= 0.3 is 0 Å². The van der Waals surface area contributed by atoms with Crippen LogP contribution in [0.5, 0.6) is 0 Å². The molecule has 15 heteroatoms. The Morgan fingerprint density at radius 3 is 1.00 bits per heavy atom. The molecule has 0 saturated heterocycles. The minimum atomic E-state index is 0.678. The van der Waals surface area contributed by atoms with Gasteiger partial charge in [-0.15, -0.1) is 0 Å². The van der Waals surface area contributed by atoms with Gasteiger partial charge in [0.1, 0.15) is 17.5 Å². The standard InChI is InChI=1S/C27H30N6.C23H25N5.C23H22N4/c1-16-9-22-23(10-17(16)2)30-26(29-22)14-33(13-21-8-6-7-20(5)28-21)15-27-31-24-11-18(3)19(4)12-25(24)32-27;1-16-11-21-22(12-17(16)2)27-23(26-21)15-28(13-19-8-4-5-10-24-19)14-20-9-6-7-18(3)25-20;1-18-7-6-11-22(26-18)16-27(15-21-10-4-5-12-24-21)17-23-13-19-8-2-3-9-20(19)14-25-23/h6-12H,13-15H2,1-5H3,(H,29,30)(H,31,32);4-12H,13-15H2,1-3H3,(H,26,27);2-14H,15-17H2,1H3. The molecular formula is C73H77N15. The molecule has 4 aromatic carbocycles. The van der Waals surface area contributed by atoms with Gasteiger partial charge < -0.3 is 15.0 Å². The predicted octanol–water partition coefficient (Wildman–Crippen LogP) is 14.6. The highest BCUT2D eigenvalue weighted by Crippen LogP contribution is 2.24. The molecule has 0 atom stereocenters. The Morgan fingerprint density at radius 1 is 0.284 bits per heavy atom. The number of nitrogens with zero attached hydrogens (tertiary/aromatic N) is 12. The van der Waals surface area contributed by atoms with Crippen LogP contribution in [0.15, 0.2) is 176 Å². The summed E-state index contributed by atoms with van der Waals surface area (Å²) >= 11 is 0. The number of nitrogens with one attached hydrogen (secondary N) is 3. The van der Waals surface area contributed by atoms with Gasteiger partial charge in [-0.25, -0.2) is 15.0 Å². The van der Waals surface area contributed by atoms with E-state index >= 15 is 0 Å². The first-order valence-corrected chi connectivity index (χ1v) is 30.1.